The Labute approximate surface area is 133 Å². The molecule has 0 saturated heterocycles. The number of aromatic nitrogens is 2. The molecule has 0 bridgehead atoms. The molecule has 2 heterocycles. The quantitative estimate of drug-likeness (QED) is 0.571. The smallest absolute Gasteiger partial charge is 0.311 e. The number of anilines is 1. The topological polar surface area (TPSA) is 81.4 Å². The highest BCUT2D eigenvalue weighted by atomic mass is 79.9. The van der Waals surface area contributed by atoms with Crippen molar-refractivity contribution in [2.24, 2.45) is 0 Å². The summed E-state index contributed by atoms with van der Waals surface area (Å²) in [7, 11) is 1.48. The second-order valence-electron chi connectivity index (χ2n) is 4.04. The summed E-state index contributed by atoms with van der Waals surface area (Å²) < 4.78 is 5.97. The van der Waals surface area contributed by atoms with E-state index in [4.69, 9.17) is 4.74 Å². The Balaban J connectivity index is 2.40. The number of nitrogens with zero attached hydrogens (tertiary/aromatic N) is 4. The number of hydrogen-bond donors (Lipinski definition) is 0. The van der Waals surface area contributed by atoms with Crippen LogP contribution in [0.25, 0.3) is 0 Å². The number of ether oxygens (including phenoxy) is 1. The van der Waals surface area contributed by atoms with E-state index in [1.54, 1.807) is 10.4 Å². The van der Waals surface area contributed by atoms with E-state index in [1.165, 1.54) is 30.6 Å². The van der Waals surface area contributed by atoms with Gasteiger partial charge in [0.05, 0.1) is 33.6 Å². The molecule has 0 radical (unpaired) electrons. The van der Waals surface area contributed by atoms with Crippen LogP contribution in [-0.4, -0.2) is 28.5 Å². The second kappa shape index (κ2) is 6.81. The summed E-state index contributed by atoms with van der Waals surface area (Å²) in [6.45, 7) is 2.90. The summed E-state index contributed by atoms with van der Waals surface area (Å²) in [5.74, 6) is 0.619. The van der Waals surface area contributed by atoms with Crippen LogP contribution in [-0.2, 0) is 6.54 Å². The Kier molecular flexibility index (Phi) is 5.07. The first-order valence-electron chi connectivity index (χ1n) is 6.09. The third-order valence-electron chi connectivity index (χ3n) is 2.85. The maximum atomic E-state index is 11.2. The highest BCUT2D eigenvalue weighted by Crippen LogP contribution is 2.31. The van der Waals surface area contributed by atoms with Gasteiger partial charge in [0.2, 0.25) is 11.7 Å². The highest BCUT2D eigenvalue weighted by molar-refractivity contribution is 9.11. The lowest BCUT2D eigenvalue weighted by Gasteiger charge is -2.21. The zero-order valence-corrected chi connectivity index (χ0v) is 13.8. The molecule has 0 spiro atoms. The maximum Gasteiger partial charge on any atom is 0.311 e. The van der Waals surface area contributed by atoms with Gasteiger partial charge in [-0.15, -0.1) is 11.3 Å². The molecule has 9 heteroatoms. The Hall–Kier alpha value is -1.74. The van der Waals surface area contributed by atoms with Crippen LogP contribution in [0.15, 0.2) is 21.4 Å². The van der Waals surface area contributed by atoms with E-state index >= 15 is 0 Å². The molecule has 21 heavy (non-hydrogen) atoms. The third kappa shape index (κ3) is 3.48. The summed E-state index contributed by atoms with van der Waals surface area (Å²) in [5, 5.41) is 11.2. The van der Waals surface area contributed by atoms with E-state index in [1.807, 2.05) is 6.92 Å². The van der Waals surface area contributed by atoms with Crippen molar-refractivity contribution in [1.82, 2.24) is 9.97 Å². The SMILES string of the molecule is CCN(Cc1ncsc1Br)c1nc(OC)ccc1[N+](=O)[O-]. The lowest BCUT2D eigenvalue weighted by atomic mass is 10.3. The summed E-state index contributed by atoms with van der Waals surface area (Å²) in [4.78, 5) is 21.0. The molecule has 2 aromatic rings. The molecule has 0 atom stereocenters. The van der Waals surface area contributed by atoms with Crippen LogP contribution < -0.4 is 9.64 Å². The summed E-state index contributed by atoms with van der Waals surface area (Å²) in [5.41, 5.74) is 2.49. The van der Waals surface area contributed by atoms with Gasteiger partial charge < -0.3 is 9.64 Å². The van der Waals surface area contributed by atoms with E-state index in [0.717, 1.165) is 9.48 Å². The minimum atomic E-state index is -0.444. The zero-order valence-electron chi connectivity index (χ0n) is 11.4. The average molecular weight is 373 g/mol. The van der Waals surface area contributed by atoms with Crippen LogP contribution in [0.3, 0.4) is 0 Å². The van der Waals surface area contributed by atoms with Crippen LogP contribution in [0, 0.1) is 10.1 Å². The van der Waals surface area contributed by atoms with Gasteiger partial charge in [0, 0.05) is 18.7 Å². The van der Waals surface area contributed by atoms with Crippen molar-refractivity contribution in [1.29, 1.82) is 0 Å². The molecule has 0 amide bonds. The lowest BCUT2D eigenvalue weighted by molar-refractivity contribution is -0.384. The van der Waals surface area contributed by atoms with Gasteiger partial charge in [-0.3, -0.25) is 10.1 Å². The fourth-order valence-electron chi connectivity index (χ4n) is 1.79. The van der Waals surface area contributed by atoms with E-state index in [-0.39, 0.29) is 11.5 Å². The molecule has 0 saturated carbocycles. The highest BCUT2D eigenvalue weighted by Gasteiger charge is 2.22. The molecule has 0 fully saturated rings. The zero-order chi connectivity index (χ0) is 15.4. The molecular formula is C12H13BrN4O3S. The van der Waals surface area contributed by atoms with Crippen molar-refractivity contribution in [3.8, 4) is 5.88 Å². The normalized spacial score (nSPS) is 10.4. The van der Waals surface area contributed by atoms with Crippen molar-refractivity contribution < 1.29 is 9.66 Å². The molecule has 0 aliphatic rings. The molecule has 112 valence electrons. The molecule has 2 rings (SSSR count). The number of methoxy groups -OCH3 is 1. The molecule has 2 aromatic heterocycles. The standard InChI is InChI=1S/C12H13BrN4O3S/c1-3-16(6-8-11(13)21-7-14-8)12-9(17(18)19)4-5-10(15-12)20-2/h4-5,7H,3,6H2,1-2H3. The van der Waals surface area contributed by atoms with Gasteiger partial charge in [0.25, 0.3) is 0 Å². The number of halogens is 1. The number of nitro groups is 1. The van der Waals surface area contributed by atoms with Gasteiger partial charge in [-0.1, -0.05) is 0 Å². The average Bonchev–Trinajstić information content (AvgIpc) is 2.89. The number of thiazole rings is 1. The third-order valence-corrected chi connectivity index (χ3v) is 4.52. The molecule has 0 N–H and O–H groups in total. The van der Waals surface area contributed by atoms with Crippen molar-refractivity contribution in [3.05, 3.63) is 37.2 Å². The van der Waals surface area contributed by atoms with Crippen molar-refractivity contribution in [3.63, 3.8) is 0 Å². The van der Waals surface area contributed by atoms with E-state index in [2.05, 4.69) is 25.9 Å². The predicted octanol–water partition coefficient (Wildman–Crippen LogP) is 3.24. The van der Waals surface area contributed by atoms with Crippen molar-refractivity contribution >= 4 is 38.8 Å². The molecular weight excluding hydrogens is 360 g/mol. The van der Waals surface area contributed by atoms with Crippen molar-refractivity contribution in [2.75, 3.05) is 18.6 Å². The largest absolute Gasteiger partial charge is 0.481 e. The monoisotopic (exact) mass is 372 g/mol. The molecule has 0 aliphatic carbocycles. The number of rotatable bonds is 6. The Bertz CT molecular complexity index is 649. The summed E-state index contributed by atoms with van der Waals surface area (Å²) in [6, 6.07) is 2.88. The summed E-state index contributed by atoms with van der Waals surface area (Å²) in [6.07, 6.45) is 0. The fraction of sp³-hybridized carbons (Fsp3) is 0.333. The van der Waals surface area contributed by atoms with E-state index in [0.29, 0.717) is 19.0 Å². The lowest BCUT2D eigenvalue weighted by Crippen LogP contribution is -2.24. The van der Waals surface area contributed by atoms with Gasteiger partial charge in [0.15, 0.2) is 0 Å². The van der Waals surface area contributed by atoms with E-state index < -0.39 is 4.92 Å². The van der Waals surface area contributed by atoms with Crippen LogP contribution in [0.5, 0.6) is 5.88 Å². The Morgan fingerprint density at radius 3 is 2.81 bits per heavy atom. The van der Waals surface area contributed by atoms with Gasteiger partial charge in [-0.05, 0) is 22.9 Å². The van der Waals surface area contributed by atoms with Crippen LogP contribution in [0.1, 0.15) is 12.6 Å². The maximum absolute atomic E-state index is 11.2. The van der Waals surface area contributed by atoms with Gasteiger partial charge >= 0.3 is 5.69 Å². The summed E-state index contributed by atoms with van der Waals surface area (Å²) >= 11 is 4.89. The Morgan fingerprint density at radius 1 is 1.52 bits per heavy atom. The fourth-order valence-corrected chi connectivity index (χ4v) is 2.79. The second-order valence-corrected chi connectivity index (χ2v) is 6.21. The van der Waals surface area contributed by atoms with Crippen LogP contribution >= 0.6 is 27.3 Å². The molecule has 7 nitrogen and oxygen atoms in total. The van der Waals surface area contributed by atoms with Gasteiger partial charge in [-0.2, -0.15) is 4.98 Å². The van der Waals surface area contributed by atoms with Gasteiger partial charge in [-0.25, -0.2) is 4.98 Å². The number of hydrogen-bond acceptors (Lipinski definition) is 7. The molecule has 0 aliphatic heterocycles. The first-order chi connectivity index (χ1) is 10.1. The predicted molar refractivity (Wildman–Crippen MR) is 84.0 cm³/mol. The first kappa shape index (κ1) is 15.6. The van der Waals surface area contributed by atoms with Crippen LogP contribution in [0.2, 0.25) is 0 Å². The molecule has 0 unspecified atom stereocenters. The van der Waals surface area contributed by atoms with Gasteiger partial charge in [0.1, 0.15) is 0 Å². The van der Waals surface area contributed by atoms with E-state index in [9.17, 15) is 10.1 Å². The van der Waals surface area contributed by atoms with Crippen molar-refractivity contribution in [2.45, 2.75) is 13.5 Å². The Morgan fingerprint density at radius 2 is 2.29 bits per heavy atom. The van der Waals surface area contributed by atoms with Crippen LogP contribution in [0.4, 0.5) is 11.5 Å². The minimum Gasteiger partial charge on any atom is -0.481 e. The first-order valence-corrected chi connectivity index (χ1v) is 7.76. The minimum absolute atomic E-state index is 0.0518. The number of pyridine rings is 1. The molecule has 0 aromatic carbocycles.